The zero-order valence-electron chi connectivity index (χ0n) is 10.9. The molecule has 0 saturated carbocycles. The van der Waals surface area contributed by atoms with E-state index in [1.165, 1.54) is 11.6 Å². The number of hydrogen-bond donors (Lipinski definition) is 1. The summed E-state index contributed by atoms with van der Waals surface area (Å²) in [4.78, 5) is 28.6. The molecule has 0 atom stereocenters. The van der Waals surface area contributed by atoms with Gasteiger partial charge in [-0.1, -0.05) is 6.07 Å². The van der Waals surface area contributed by atoms with Crippen molar-refractivity contribution in [2.24, 2.45) is 25.0 Å². The first-order valence-electron chi connectivity index (χ1n) is 5.87. The zero-order chi connectivity index (χ0) is 14.4. The lowest BCUT2D eigenvalue weighted by Crippen LogP contribution is -2.40. The molecule has 0 radical (unpaired) electrons. The summed E-state index contributed by atoms with van der Waals surface area (Å²) in [6.07, 6.45) is 1.71. The molecule has 0 fully saturated rings. The Morgan fingerprint density at radius 3 is 2.65 bits per heavy atom. The van der Waals surface area contributed by atoms with Crippen molar-refractivity contribution in [2.75, 3.05) is 0 Å². The summed E-state index contributed by atoms with van der Waals surface area (Å²) in [7, 11) is 2.96. The van der Waals surface area contributed by atoms with Gasteiger partial charge in [0.1, 0.15) is 11.0 Å². The van der Waals surface area contributed by atoms with Crippen LogP contribution in [0.25, 0.3) is 16.7 Å². The van der Waals surface area contributed by atoms with Crippen LogP contribution in [0.3, 0.4) is 0 Å². The van der Waals surface area contributed by atoms with Crippen LogP contribution in [0.4, 0.5) is 0 Å². The van der Waals surface area contributed by atoms with E-state index < -0.39 is 11.2 Å². The summed E-state index contributed by atoms with van der Waals surface area (Å²) in [5, 5.41) is 3.90. The van der Waals surface area contributed by atoms with Gasteiger partial charge in [-0.2, -0.15) is 5.10 Å². The topological polar surface area (TPSA) is 99.7 Å². The molecular weight excluding hydrogens is 260 g/mol. The minimum absolute atomic E-state index is 0.209. The molecule has 0 aromatic carbocycles. The SMILES string of the molecule is Cn1c(=O)c2/c(=N/N)n3ccccc3nc2n(C)c1=O. The van der Waals surface area contributed by atoms with Crippen molar-refractivity contribution < 1.29 is 0 Å². The predicted molar refractivity (Wildman–Crippen MR) is 72.9 cm³/mol. The molecule has 3 aromatic heterocycles. The monoisotopic (exact) mass is 272 g/mol. The molecule has 0 aliphatic rings. The zero-order valence-corrected chi connectivity index (χ0v) is 10.9. The van der Waals surface area contributed by atoms with Crippen LogP contribution in [0.15, 0.2) is 39.1 Å². The Morgan fingerprint density at radius 2 is 1.95 bits per heavy atom. The largest absolute Gasteiger partial charge is 0.332 e. The minimum Gasteiger partial charge on any atom is -0.321 e. The minimum atomic E-state index is -0.474. The fourth-order valence-corrected chi connectivity index (χ4v) is 2.22. The van der Waals surface area contributed by atoms with E-state index in [2.05, 4.69) is 10.1 Å². The molecule has 0 aliphatic heterocycles. The van der Waals surface area contributed by atoms with Crippen molar-refractivity contribution >= 4 is 16.7 Å². The summed E-state index contributed by atoms with van der Waals surface area (Å²) >= 11 is 0. The molecule has 0 bridgehead atoms. The number of fused-ring (bicyclic) bond motifs is 2. The molecule has 0 saturated heterocycles. The van der Waals surface area contributed by atoms with E-state index in [0.29, 0.717) is 5.65 Å². The molecule has 3 heterocycles. The van der Waals surface area contributed by atoms with E-state index in [-0.39, 0.29) is 16.5 Å². The fourth-order valence-electron chi connectivity index (χ4n) is 2.22. The Labute approximate surface area is 112 Å². The second kappa shape index (κ2) is 4.05. The van der Waals surface area contributed by atoms with E-state index >= 15 is 0 Å². The lowest BCUT2D eigenvalue weighted by atomic mass is 10.3. The van der Waals surface area contributed by atoms with Crippen LogP contribution in [-0.4, -0.2) is 18.5 Å². The third-order valence-corrected chi connectivity index (χ3v) is 3.27. The number of hydrogen-bond acceptors (Lipinski definition) is 5. The number of nitrogens with two attached hydrogens (primary N) is 1. The number of nitrogens with zero attached hydrogens (tertiary/aromatic N) is 5. The lowest BCUT2D eigenvalue weighted by molar-refractivity contribution is 0.704. The Balaban J connectivity index is 2.83. The fraction of sp³-hybridized carbons (Fsp3) is 0.167. The van der Waals surface area contributed by atoms with Gasteiger partial charge in [0.15, 0.2) is 11.1 Å². The normalized spacial score (nSPS) is 12.4. The maximum absolute atomic E-state index is 12.3. The first-order valence-corrected chi connectivity index (χ1v) is 5.87. The summed E-state index contributed by atoms with van der Waals surface area (Å²) in [6, 6.07) is 5.32. The Bertz CT molecular complexity index is 1020. The number of rotatable bonds is 0. The highest BCUT2D eigenvalue weighted by atomic mass is 16.2. The molecule has 2 N–H and O–H groups in total. The van der Waals surface area contributed by atoms with Gasteiger partial charge in [0.2, 0.25) is 0 Å². The highest BCUT2D eigenvalue weighted by Gasteiger charge is 2.13. The summed E-state index contributed by atoms with van der Waals surface area (Å²) in [5.41, 5.74) is 0.152. The second-order valence-electron chi connectivity index (χ2n) is 4.40. The van der Waals surface area contributed by atoms with Crippen LogP contribution in [-0.2, 0) is 14.1 Å². The molecule has 8 heteroatoms. The highest BCUT2D eigenvalue weighted by Crippen LogP contribution is 2.03. The summed E-state index contributed by atoms with van der Waals surface area (Å²) in [5.74, 6) is 5.43. The van der Waals surface area contributed by atoms with Crippen molar-refractivity contribution in [3.05, 3.63) is 50.7 Å². The van der Waals surface area contributed by atoms with E-state index in [1.54, 1.807) is 35.8 Å². The summed E-state index contributed by atoms with van der Waals surface area (Å²) < 4.78 is 3.92. The molecule has 0 unspecified atom stereocenters. The first kappa shape index (κ1) is 12.2. The molecule has 3 aromatic rings. The third-order valence-electron chi connectivity index (χ3n) is 3.27. The Hall–Kier alpha value is -2.90. The molecule has 0 amide bonds. The van der Waals surface area contributed by atoms with Crippen molar-refractivity contribution in [3.63, 3.8) is 0 Å². The third kappa shape index (κ3) is 1.41. The van der Waals surface area contributed by atoms with Crippen molar-refractivity contribution in [3.8, 4) is 0 Å². The van der Waals surface area contributed by atoms with Gasteiger partial charge >= 0.3 is 5.69 Å². The number of aryl methyl sites for hydroxylation is 1. The molecule has 20 heavy (non-hydrogen) atoms. The van der Waals surface area contributed by atoms with Crippen LogP contribution in [0, 0.1) is 0 Å². The predicted octanol–water partition coefficient (Wildman–Crippen LogP) is -1.34. The van der Waals surface area contributed by atoms with Gasteiger partial charge < -0.3 is 5.84 Å². The smallest absolute Gasteiger partial charge is 0.321 e. The van der Waals surface area contributed by atoms with E-state index in [4.69, 9.17) is 5.84 Å². The van der Waals surface area contributed by atoms with Crippen LogP contribution >= 0.6 is 0 Å². The molecule has 3 rings (SSSR count). The average molecular weight is 272 g/mol. The summed E-state index contributed by atoms with van der Waals surface area (Å²) in [6.45, 7) is 0. The molecule has 0 aliphatic carbocycles. The maximum Gasteiger partial charge on any atom is 0.332 e. The number of aromatic nitrogens is 4. The highest BCUT2D eigenvalue weighted by molar-refractivity contribution is 5.74. The van der Waals surface area contributed by atoms with Gasteiger partial charge in [-0.3, -0.25) is 18.3 Å². The maximum atomic E-state index is 12.3. The van der Waals surface area contributed by atoms with Gasteiger partial charge in [-0.05, 0) is 12.1 Å². The molecule has 0 spiro atoms. The lowest BCUT2D eigenvalue weighted by Gasteiger charge is -2.09. The van der Waals surface area contributed by atoms with Gasteiger partial charge in [0.05, 0.1) is 0 Å². The molecule has 102 valence electrons. The molecular formula is C12H12N6O2. The Kier molecular flexibility index (Phi) is 2.46. The van der Waals surface area contributed by atoms with Gasteiger partial charge in [-0.15, -0.1) is 0 Å². The van der Waals surface area contributed by atoms with Crippen LogP contribution < -0.4 is 22.6 Å². The molecule has 8 nitrogen and oxygen atoms in total. The van der Waals surface area contributed by atoms with E-state index in [0.717, 1.165) is 4.57 Å². The van der Waals surface area contributed by atoms with E-state index in [9.17, 15) is 9.59 Å². The van der Waals surface area contributed by atoms with Crippen LogP contribution in [0.1, 0.15) is 0 Å². The average Bonchev–Trinajstić information content (AvgIpc) is 2.48. The van der Waals surface area contributed by atoms with Gasteiger partial charge in [-0.25, -0.2) is 9.78 Å². The van der Waals surface area contributed by atoms with Crippen LogP contribution in [0.5, 0.6) is 0 Å². The van der Waals surface area contributed by atoms with Gasteiger partial charge in [0, 0.05) is 20.3 Å². The second-order valence-corrected chi connectivity index (χ2v) is 4.40. The van der Waals surface area contributed by atoms with E-state index in [1.807, 2.05) is 0 Å². The number of pyridine rings is 1. The van der Waals surface area contributed by atoms with Crippen molar-refractivity contribution in [2.45, 2.75) is 0 Å². The van der Waals surface area contributed by atoms with Crippen molar-refractivity contribution in [1.29, 1.82) is 0 Å². The van der Waals surface area contributed by atoms with Gasteiger partial charge in [0.25, 0.3) is 5.56 Å². The van der Waals surface area contributed by atoms with Crippen LogP contribution in [0.2, 0.25) is 0 Å². The Morgan fingerprint density at radius 1 is 1.20 bits per heavy atom. The first-order chi connectivity index (χ1) is 9.56. The standard InChI is InChI=1S/C12H12N6O2/c1-16-9-8(11(19)17(2)12(16)20)10(15-13)18-6-4-3-5-7(18)14-9/h3-6H,13H2,1-2H3/b15-10-. The quantitative estimate of drug-likeness (QED) is 0.311. The van der Waals surface area contributed by atoms with Crippen molar-refractivity contribution in [1.82, 2.24) is 18.5 Å².